The molecular weight excluding hydrogens is 381 g/mol. The van der Waals surface area contributed by atoms with Crippen molar-refractivity contribution < 1.29 is 13.9 Å². The van der Waals surface area contributed by atoms with Crippen LogP contribution < -0.4 is 5.32 Å². The molecule has 1 heterocycles. The van der Waals surface area contributed by atoms with Gasteiger partial charge in [-0.2, -0.15) is 0 Å². The summed E-state index contributed by atoms with van der Waals surface area (Å²) < 4.78 is 19.7. The number of benzene rings is 3. The minimum Gasteiger partial charge on any atom is -0.372 e. The molecule has 0 saturated carbocycles. The van der Waals surface area contributed by atoms with Crippen molar-refractivity contribution in [2.45, 2.75) is 19.8 Å². The number of aromatic nitrogens is 2. The molecule has 0 spiro atoms. The second kappa shape index (κ2) is 9.24. The molecule has 0 bridgehead atoms. The van der Waals surface area contributed by atoms with Gasteiger partial charge in [-0.15, -0.1) is 0 Å². The van der Waals surface area contributed by atoms with Crippen LogP contribution in [0.5, 0.6) is 0 Å². The van der Waals surface area contributed by atoms with Crippen LogP contribution in [0.15, 0.2) is 79.1 Å². The molecule has 1 aromatic heterocycles. The molecule has 0 atom stereocenters. The van der Waals surface area contributed by atoms with Crippen molar-refractivity contribution in [1.82, 2.24) is 15.3 Å². The third-order valence-electron chi connectivity index (χ3n) is 4.71. The van der Waals surface area contributed by atoms with E-state index in [0.29, 0.717) is 30.8 Å². The molecule has 1 N–H and O–H groups in total. The highest BCUT2D eigenvalue weighted by atomic mass is 19.1. The normalized spacial score (nSPS) is 10.8. The largest absolute Gasteiger partial charge is 0.372 e. The molecule has 5 nitrogen and oxygen atoms in total. The number of nitrogens with one attached hydrogen (secondary N) is 1. The van der Waals surface area contributed by atoms with Gasteiger partial charge in [-0.25, -0.2) is 4.39 Å². The van der Waals surface area contributed by atoms with Crippen LogP contribution in [0.25, 0.3) is 11.0 Å². The highest BCUT2D eigenvalue weighted by Gasteiger charge is 2.14. The summed E-state index contributed by atoms with van der Waals surface area (Å²) in [6, 6.07) is 20.1. The summed E-state index contributed by atoms with van der Waals surface area (Å²) >= 11 is 0. The van der Waals surface area contributed by atoms with E-state index in [4.69, 9.17) is 4.74 Å². The van der Waals surface area contributed by atoms with Crippen LogP contribution in [0.3, 0.4) is 0 Å². The fraction of sp³-hybridized carbons (Fsp3) is 0.125. The average molecular weight is 401 g/mol. The lowest BCUT2D eigenvalue weighted by atomic mass is 10.1. The molecule has 150 valence electrons. The molecule has 0 fully saturated rings. The van der Waals surface area contributed by atoms with Crippen LogP contribution in [0, 0.1) is 5.82 Å². The average Bonchev–Trinajstić information content (AvgIpc) is 2.78. The van der Waals surface area contributed by atoms with Crippen LogP contribution >= 0.6 is 0 Å². The second-order valence-corrected chi connectivity index (χ2v) is 6.81. The number of nitrogens with zero attached hydrogens (tertiary/aromatic N) is 2. The molecule has 0 aliphatic heterocycles. The van der Waals surface area contributed by atoms with Crippen LogP contribution in [0.4, 0.5) is 4.39 Å². The first-order valence-electron chi connectivity index (χ1n) is 9.57. The van der Waals surface area contributed by atoms with Gasteiger partial charge in [0.1, 0.15) is 11.3 Å². The molecule has 4 rings (SSSR count). The molecule has 6 heteroatoms. The molecule has 0 aliphatic rings. The lowest BCUT2D eigenvalue weighted by Gasteiger charge is -2.12. The van der Waals surface area contributed by atoms with E-state index in [9.17, 15) is 9.18 Å². The maximum absolute atomic E-state index is 13.9. The van der Waals surface area contributed by atoms with Crippen molar-refractivity contribution in [3.8, 4) is 0 Å². The fourth-order valence-electron chi connectivity index (χ4n) is 3.21. The van der Waals surface area contributed by atoms with Crippen LogP contribution in [0.1, 0.15) is 27.0 Å². The van der Waals surface area contributed by atoms with Crippen LogP contribution in [-0.2, 0) is 24.5 Å². The van der Waals surface area contributed by atoms with Crippen molar-refractivity contribution in [3.63, 3.8) is 0 Å². The van der Waals surface area contributed by atoms with Gasteiger partial charge in [0, 0.05) is 25.0 Å². The molecule has 0 saturated heterocycles. The predicted molar refractivity (Wildman–Crippen MR) is 112 cm³/mol. The third kappa shape index (κ3) is 4.67. The monoisotopic (exact) mass is 401 g/mol. The zero-order chi connectivity index (χ0) is 20.8. The van der Waals surface area contributed by atoms with Gasteiger partial charge in [-0.05, 0) is 22.8 Å². The van der Waals surface area contributed by atoms with Crippen LogP contribution in [0.2, 0.25) is 0 Å². The number of carbonyl (C=O) groups is 1. The minimum atomic E-state index is -0.525. The predicted octanol–water partition coefficient (Wildman–Crippen LogP) is 4.42. The summed E-state index contributed by atoms with van der Waals surface area (Å²) in [6.45, 7) is 1.23. The Labute approximate surface area is 173 Å². The Morgan fingerprint density at radius 2 is 1.63 bits per heavy atom. The van der Waals surface area contributed by atoms with Gasteiger partial charge >= 0.3 is 0 Å². The number of amides is 1. The number of halogens is 1. The molecule has 1 amide bonds. The number of carbonyl (C=O) groups excluding carboxylic acids is 1. The second-order valence-electron chi connectivity index (χ2n) is 6.81. The fourth-order valence-corrected chi connectivity index (χ4v) is 3.21. The minimum absolute atomic E-state index is 0.163. The van der Waals surface area contributed by atoms with Gasteiger partial charge in [0.15, 0.2) is 0 Å². The third-order valence-corrected chi connectivity index (χ3v) is 4.71. The number of fused-ring (bicyclic) bond motifs is 1. The van der Waals surface area contributed by atoms with Crippen molar-refractivity contribution in [1.29, 1.82) is 0 Å². The van der Waals surface area contributed by atoms with E-state index in [-0.39, 0.29) is 5.56 Å². The molecule has 0 unspecified atom stereocenters. The standard InChI is InChI=1S/C24H20FN3O2/c25-20-12-21(23-22(13-20)26-10-11-27-23)24(29)28-14-18-8-4-5-9-19(18)16-30-15-17-6-2-1-3-7-17/h1-13H,14-16H2,(H,28,29). The SMILES string of the molecule is O=C(NCc1ccccc1COCc1ccccc1)c1cc(F)cc2nccnc12. The zero-order valence-corrected chi connectivity index (χ0v) is 16.2. The molecule has 0 radical (unpaired) electrons. The van der Waals surface area contributed by atoms with E-state index in [0.717, 1.165) is 16.7 Å². The first-order chi connectivity index (χ1) is 14.7. The van der Waals surface area contributed by atoms with Crippen molar-refractivity contribution in [3.05, 3.63) is 107 Å². The van der Waals surface area contributed by atoms with E-state index in [1.54, 1.807) is 0 Å². The first-order valence-corrected chi connectivity index (χ1v) is 9.57. The summed E-state index contributed by atoms with van der Waals surface area (Å²) in [4.78, 5) is 21.0. The van der Waals surface area contributed by atoms with E-state index in [2.05, 4.69) is 15.3 Å². The Morgan fingerprint density at radius 3 is 2.47 bits per heavy atom. The number of hydrogen-bond acceptors (Lipinski definition) is 4. The van der Waals surface area contributed by atoms with Gasteiger partial charge in [-0.1, -0.05) is 54.6 Å². The lowest BCUT2D eigenvalue weighted by molar-refractivity contribution is 0.0948. The quantitative estimate of drug-likeness (QED) is 0.498. The van der Waals surface area contributed by atoms with Gasteiger partial charge in [0.2, 0.25) is 0 Å². The molecule has 3 aromatic carbocycles. The van der Waals surface area contributed by atoms with Gasteiger partial charge in [0.25, 0.3) is 5.91 Å². The van der Waals surface area contributed by atoms with E-state index in [1.165, 1.54) is 24.5 Å². The van der Waals surface area contributed by atoms with E-state index in [1.807, 2.05) is 54.6 Å². The van der Waals surface area contributed by atoms with Gasteiger partial charge in [0.05, 0.1) is 24.3 Å². The summed E-state index contributed by atoms with van der Waals surface area (Å²) in [5.41, 5.74) is 3.90. The van der Waals surface area contributed by atoms with Gasteiger partial charge < -0.3 is 10.1 Å². The number of rotatable bonds is 7. The summed E-state index contributed by atoms with van der Waals surface area (Å²) in [5, 5.41) is 2.85. The van der Waals surface area contributed by atoms with Crippen molar-refractivity contribution >= 4 is 16.9 Å². The summed E-state index contributed by atoms with van der Waals surface area (Å²) in [7, 11) is 0. The Hall–Kier alpha value is -3.64. The maximum atomic E-state index is 13.9. The molecular formula is C24H20FN3O2. The van der Waals surface area contributed by atoms with Crippen molar-refractivity contribution in [2.24, 2.45) is 0 Å². The van der Waals surface area contributed by atoms with Gasteiger partial charge in [-0.3, -0.25) is 14.8 Å². The smallest absolute Gasteiger partial charge is 0.253 e. The highest BCUT2D eigenvalue weighted by molar-refractivity contribution is 6.04. The molecule has 4 aromatic rings. The molecule has 0 aliphatic carbocycles. The van der Waals surface area contributed by atoms with Crippen LogP contribution in [-0.4, -0.2) is 15.9 Å². The summed E-state index contributed by atoms with van der Waals surface area (Å²) in [6.07, 6.45) is 2.95. The highest BCUT2D eigenvalue weighted by Crippen LogP contribution is 2.17. The maximum Gasteiger partial charge on any atom is 0.253 e. The topological polar surface area (TPSA) is 64.1 Å². The Morgan fingerprint density at radius 1 is 0.900 bits per heavy atom. The zero-order valence-electron chi connectivity index (χ0n) is 16.2. The number of hydrogen-bond donors (Lipinski definition) is 1. The Bertz CT molecular complexity index is 1170. The lowest BCUT2D eigenvalue weighted by Crippen LogP contribution is -2.24. The Kier molecular flexibility index (Phi) is 6.06. The summed E-state index contributed by atoms with van der Waals surface area (Å²) in [5.74, 6) is -0.928. The van der Waals surface area contributed by atoms with E-state index < -0.39 is 11.7 Å². The molecule has 30 heavy (non-hydrogen) atoms. The first kappa shape index (κ1) is 19.7. The van der Waals surface area contributed by atoms with E-state index >= 15 is 0 Å². The number of ether oxygens (including phenoxy) is 1. The van der Waals surface area contributed by atoms with Crippen molar-refractivity contribution in [2.75, 3.05) is 0 Å². The Balaban J connectivity index is 1.44.